The van der Waals surface area contributed by atoms with Crippen LogP contribution in [-0.2, 0) is 10.0 Å². The second-order valence-electron chi connectivity index (χ2n) is 5.33. The van der Waals surface area contributed by atoms with Gasteiger partial charge in [-0.05, 0) is 19.1 Å². The fourth-order valence-corrected chi connectivity index (χ4v) is 4.35. The Bertz CT molecular complexity index is 904. The van der Waals surface area contributed by atoms with E-state index in [1.54, 1.807) is 31.2 Å². The Kier molecular flexibility index (Phi) is 4.30. The molecule has 2 aromatic rings. The third kappa shape index (κ3) is 2.68. The number of urea groups is 1. The van der Waals surface area contributed by atoms with Crippen molar-refractivity contribution in [2.75, 3.05) is 30.0 Å². The second-order valence-corrected chi connectivity index (χ2v) is 7.09. The van der Waals surface area contributed by atoms with Crippen LogP contribution in [0.5, 0.6) is 11.5 Å². The first-order valence-electron chi connectivity index (χ1n) is 7.63. The lowest BCUT2D eigenvalue weighted by molar-refractivity contribution is 0.254. The number of carbonyl (C=O) groups is 1. The van der Waals surface area contributed by atoms with E-state index in [-0.39, 0.29) is 10.6 Å². The maximum Gasteiger partial charge on any atom is 0.343 e. The molecule has 7 nitrogen and oxygen atoms in total. The minimum absolute atomic E-state index is 0.0817. The summed E-state index contributed by atoms with van der Waals surface area (Å²) in [6, 6.07) is 10.4. The van der Waals surface area contributed by atoms with Gasteiger partial charge < -0.3 is 9.47 Å². The highest BCUT2D eigenvalue weighted by Gasteiger charge is 2.42. The number of ether oxygens (including phenoxy) is 2. The summed E-state index contributed by atoms with van der Waals surface area (Å²) in [5.41, 5.74) is 0.537. The van der Waals surface area contributed by atoms with E-state index in [9.17, 15) is 13.2 Å². The number of hydrogen-bond donors (Lipinski definition) is 0. The van der Waals surface area contributed by atoms with E-state index >= 15 is 0 Å². The van der Waals surface area contributed by atoms with Gasteiger partial charge in [0, 0.05) is 24.7 Å². The van der Waals surface area contributed by atoms with E-state index in [2.05, 4.69) is 0 Å². The number of methoxy groups -OCH3 is 2. The molecule has 3 rings (SSSR count). The summed E-state index contributed by atoms with van der Waals surface area (Å²) in [6.45, 7) is 2.12. The van der Waals surface area contributed by atoms with Crippen molar-refractivity contribution in [1.82, 2.24) is 0 Å². The average molecular weight is 362 g/mol. The monoisotopic (exact) mass is 362 g/mol. The predicted molar refractivity (Wildman–Crippen MR) is 94.1 cm³/mol. The van der Waals surface area contributed by atoms with Crippen molar-refractivity contribution in [2.45, 2.75) is 11.8 Å². The fraction of sp³-hybridized carbons (Fsp3) is 0.235. The summed E-state index contributed by atoms with van der Waals surface area (Å²) < 4.78 is 37.3. The molecule has 0 saturated heterocycles. The van der Waals surface area contributed by atoms with Crippen LogP contribution in [0.15, 0.2) is 47.4 Å². The minimum atomic E-state index is -4.05. The van der Waals surface area contributed by atoms with Crippen molar-refractivity contribution >= 4 is 27.4 Å². The van der Waals surface area contributed by atoms with Crippen molar-refractivity contribution in [3.63, 3.8) is 0 Å². The van der Waals surface area contributed by atoms with Gasteiger partial charge in [-0.15, -0.1) is 0 Å². The first kappa shape index (κ1) is 17.1. The zero-order valence-corrected chi connectivity index (χ0v) is 14.9. The molecule has 0 aliphatic carbocycles. The Morgan fingerprint density at radius 1 is 1.00 bits per heavy atom. The van der Waals surface area contributed by atoms with Crippen LogP contribution in [0.3, 0.4) is 0 Å². The summed E-state index contributed by atoms with van der Waals surface area (Å²) in [6.07, 6.45) is 0. The first-order valence-corrected chi connectivity index (χ1v) is 9.07. The number of fused-ring (bicyclic) bond motifs is 1. The lowest BCUT2D eigenvalue weighted by atomic mass is 10.2. The normalized spacial score (nSPS) is 15.7. The molecule has 2 amide bonds. The molecule has 132 valence electrons. The SMILES string of the molecule is CCN1C(=O)N(c2cc(OC)cc(OC)c2)S(=O)(=O)c2ccccc21. The van der Waals surface area contributed by atoms with Gasteiger partial charge in [0.05, 0.1) is 25.6 Å². The fourth-order valence-electron chi connectivity index (χ4n) is 2.78. The molecule has 25 heavy (non-hydrogen) atoms. The van der Waals surface area contributed by atoms with Gasteiger partial charge in [-0.1, -0.05) is 12.1 Å². The Balaban J connectivity index is 2.25. The van der Waals surface area contributed by atoms with Crippen molar-refractivity contribution in [3.05, 3.63) is 42.5 Å². The van der Waals surface area contributed by atoms with Crippen molar-refractivity contribution in [2.24, 2.45) is 0 Å². The lowest BCUT2D eigenvalue weighted by Crippen LogP contribution is -2.51. The second kappa shape index (κ2) is 6.29. The molecule has 1 aliphatic heterocycles. The highest BCUT2D eigenvalue weighted by Crippen LogP contribution is 2.39. The van der Waals surface area contributed by atoms with Gasteiger partial charge in [0.1, 0.15) is 16.4 Å². The Labute approximate surface area is 146 Å². The smallest absolute Gasteiger partial charge is 0.343 e. The molecule has 1 aliphatic rings. The van der Waals surface area contributed by atoms with E-state index in [0.29, 0.717) is 23.7 Å². The molecule has 0 bridgehead atoms. The molecule has 0 unspecified atom stereocenters. The van der Waals surface area contributed by atoms with Crippen LogP contribution in [0.25, 0.3) is 0 Å². The topological polar surface area (TPSA) is 76.2 Å². The average Bonchev–Trinajstić information content (AvgIpc) is 2.61. The summed E-state index contributed by atoms with van der Waals surface area (Å²) in [4.78, 5) is 14.4. The van der Waals surface area contributed by atoms with Crippen molar-refractivity contribution in [3.8, 4) is 11.5 Å². The molecule has 8 heteroatoms. The number of anilines is 2. The van der Waals surface area contributed by atoms with Crippen LogP contribution in [0, 0.1) is 0 Å². The zero-order valence-electron chi connectivity index (χ0n) is 14.1. The van der Waals surface area contributed by atoms with Crippen LogP contribution >= 0.6 is 0 Å². The van der Waals surface area contributed by atoms with Crippen LogP contribution in [0.4, 0.5) is 16.2 Å². The molecular weight excluding hydrogens is 344 g/mol. The number of carbonyl (C=O) groups excluding carboxylic acids is 1. The molecule has 0 fully saturated rings. The maximum absolute atomic E-state index is 13.1. The number of amides is 2. The van der Waals surface area contributed by atoms with E-state index in [0.717, 1.165) is 4.31 Å². The standard InChI is InChI=1S/C17H18N2O5S/c1-4-18-15-7-5-6-8-16(15)25(21,22)19(17(18)20)12-9-13(23-2)11-14(10-12)24-3/h5-11H,4H2,1-3H3. The van der Waals surface area contributed by atoms with Gasteiger partial charge in [0.2, 0.25) is 0 Å². The van der Waals surface area contributed by atoms with E-state index in [4.69, 9.17) is 9.47 Å². The molecule has 0 spiro atoms. The molecule has 0 atom stereocenters. The number of hydrogen-bond acceptors (Lipinski definition) is 5. The molecule has 0 radical (unpaired) electrons. The number of para-hydroxylation sites is 1. The van der Waals surface area contributed by atoms with E-state index < -0.39 is 16.1 Å². The van der Waals surface area contributed by atoms with Crippen molar-refractivity contribution in [1.29, 1.82) is 0 Å². The largest absolute Gasteiger partial charge is 0.497 e. The van der Waals surface area contributed by atoms with Crippen LogP contribution < -0.4 is 18.7 Å². The highest BCUT2D eigenvalue weighted by molar-refractivity contribution is 7.94. The summed E-state index contributed by atoms with van der Waals surface area (Å²) in [5, 5.41) is 0. The number of nitrogens with zero attached hydrogens (tertiary/aromatic N) is 2. The molecular formula is C17H18N2O5S. The van der Waals surface area contributed by atoms with Gasteiger partial charge in [0.25, 0.3) is 10.0 Å². The summed E-state index contributed by atoms with van der Waals surface area (Å²) in [7, 11) is -1.13. The van der Waals surface area contributed by atoms with Crippen LogP contribution in [-0.4, -0.2) is 35.2 Å². The third-order valence-electron chi connectivity index (χ3n) is 3.97. The predicted octanol–water partition coefficient (Wildman–Crippen LogP) is 2.86. The molecule has 0 aromatic heterocycles. The quantitative estimate of drug-likeness (QED) is 0.836. The number of benzene rings is 2. The third-order valence-corrected chi connectivity index (χ3v) is 5.71. The van der Waals surface area contributed by atoms with Gasteiger partial charge in [0.15, 0.2) is 0 Å². The summed E-state index contributed by atoms with van der Waals surface area (Å²) >= 11 is 0. The zero-order chi connectivity index (χ0) is 18.2. The van der Waals surface area contributed by atoms with E-state index in [1.807, 2.05) is 0 Å². The molecule has 2 aromatic carbocycles. The number of sulfonamides is 1. The van der Waals surface area contributed by atoms with Gasteiger partial charge in [-0.25, -0.2) is 13.2 Å². The van der Waals surface area contributed by atoms with Gasteiger partial charge >= 0.3 is 6.03 Å². The van der Waals surface area contributed by atoms with Gasteiger partial charge in [-0.2, -0.15) is 4.31 Å². The Morgan fingerprint density at radius 2 is 1.60 bits per heavy atom. The lowest BCUT2D eigenvalue weighted by Gasteiger charge is -2.35. The summed E-state index contributed by atoms with van der Waals surface area (Å²) in [5.74, 6) is 0.776. The number of rotatable bonds is 4. The first-order chi connectivity index (χ1) is 11.9. The van der Waals surface area contributed by atoms with Gasteiger partial charge in [-0.3, -0.25) is 4.90 Å². The molecule has 0 saturated carbocycles. The van der Waals surface area contributed by atoms with Crippen LogP contribution in [0.1, 0.15) is 6.92 Å². The van der Waals surface area contributed by atoms with Crippen molar-refractivity contribution < 1.29 is 22.7 Å². The minimum Gasteiger partial charge on any atom is -0.497 e. The van der Waals surface area contributed by atoms with E-state index in [1.165, 1.54) is 37.3 Å². The molecule has 0 N–H and O–H groups in total. The highest BCUT2D eigenvalue weighted by atomic mass is 32.2. The van der Waals surface area contributed by atoms with Crippen LogP contribution in [0.2, 0.25) is 0 Å². The Morgan fingerprint density at radius 3 is 2.16 bits per heavy atom. The maximum atomic E-state index is 13.1. The Hall–Kier alpha value is -2.74. The molecule has 1 heterocycles.